The van der Waals surface area contributed by atoms with E-state index in [1.54, 1.807) is 0 Å². The SMILES string of the molecule is C=CCN1CCCC(NC(=O)Cc2ccccc2)C1. The maximum Gasteiger partial charge on any atom is 0.224 e. The van der Waals surface area contributed by atoms with Crippen LogP contribution in [0.4, 0.5) is 0 Å². The lowest BCUT2D eigenvalue weighted by atomic mass is 10.0. The van der Waals surface area contributed by atoms with Gasteiger partial charge in [0, 0.05) is 19.1 Å². The maximum absolute atomic E-state index is 12.0. The molecule has 1 amide bonds. The van der Waals surface area contributed by atoms with Gasteiger partial charge in [-0.15, -0.1) is 6.58 Å². The summed E-state index contributed by atoms with van der Waals surface area (Å²) in [5.41, 5.74) is 1.07. The lowest BCUT2D eigenvalue weighted by molar-refractivity contribution is -0.121. The standard InChI is InChI=1S/C16H22N2O/c1-2-10-18-11-6-9-15(13-18)17-16(19)12-14-7-4-3-5-8-14/h2-5,7-8,15H,1,6,9-13H2,(H,17,19). The molecular formula is C16H22N2O. The number of amides is 1. The molecule has 0 aliphatic carbocycles. The molecule has 0 spiro atoms. The third kappa shape index (κ3) is 4.52. The number of nitrogens with one attached hydrogen (secondary N) is 1. The Labute approximate surface area is 115 Å². The molecule has 1 unspecified atom stereocenters. The Morgan fingerprint density at radius 2 is 2.21 bits per heavy atom. The lowest BCUT2D eigenvalue weighted by Crippen LogP contribution is -2.48. The van der Waals surface area contributed by atoms with E-state index in [4.69, 9.17) is 0 Å². The maximum atomic E-state index is 12.0. The van der Waals surface area contributed by atoms with Crippen molar-refractivity contribution in [1.82, 2.24) is 10.2 Å². The van der Waals surface area contributed by atoms with Crippen LogP contribution in [0.15, 0.2) is 43.0 Å². The van der Waals surface area contributed by atoms with Gasteiger partial charge in [0.1, 0.15) is 0 Å². The van der Waals surface area contributed by atoms with Gasteiger partial charge in [0.05, 0.1) is 6.42 Å². The van der Waals surface area contributed by atoms with Gasteiger partial charge in [-0.3, -0.25) is 9.69 Å². The highest BCUT2D eigenvalue weighted by Crippen LogP contribution is 2.10. The molecule has 0 saturated carbocycles. The van der Waals surface area contributed by atoms with E-state index in [9.17, 15) is 4.79 Å². The van der Waals surface area contributed by atoms with Crippen LogP contribution in [0.25, 0.3) is 0 Å². The molecule has 1 aromatic carbocycles. The normalized spacial score (nSPS) is 19.9. The van der Waals surface area contributed by atoms with Gasteiger partial charge >= 0.3 is 0 Å². The molecule has 1 atom stereocenters. The minimum Gasteiger partial charge on any atom is -0.352 e. The van der Waals surface area contributed by atoms with Crippen molar-refractivity contribution in [2.24, 2.45) is 0 Å². The molecule has 3 heteroatoms. The molecule has 19 heavy (non-hydrogen) atoms. The number of benzene rings is 1. The topological polar surface area (TPSA) is 32.3 Å². The number of hydrogen-bond acceptors (Lipinski definition) is 2. The summed E-state index contributed by atoms with van der Waals surface area (Å²) in [6.45, 7) is 6.72. The van der Waals surface area contributed by atoms with E-state index < -0.39 is 0 Å². The average molecular weight is 258 g/mol. The molecule has 1 heterocycles. The summed E-state index contributed by atoms with van der Waals surface area (Å²) in [5.74, 6) is 0.122. The first-order valence-corrected chi connectivity index (χ1v) is 6.94. The number of rotatable bonds is 5. The number of piperidine rings is 1. The number of likely N-dealkylation sites (tertiary alicyclic amines) is 1. The molecule has 2 rings (SSSR count). The van der Waals surface area contributed by atoms with Gasteiger partial charge in [-0.2, -0.15) is 0 Å². The van der Waals surface area contributed by atoms with Crippen molar-refractivity contribution in [2.45, 2.75) is 25.3 Å². The number of nitrogens with zero attached hydrogens (tertiary/aromatic N) is 1. The van der Waals surface area contributed by atoms with Gasteiger partial charge in [-0.05, 0) is 24.9 Å². The van der Waals surface area contributed by atoms with E-state index >= 15 is 0 Å². The summed E-state index contributed by atoms with van der Waals surface area (Å²) in [5, 5.41) is 3.14. The van der Waals surface area contributed by atoms with Crippen LogP contribution < -0.4 is 5.32 Å². The van der Waals surface area contributed by atoms with Crippen LogP contribution in [0.3, 0.4) is 0 Å². The highest BCUT2D eigenvalue weighted by molar-refractivity contribution is 5.78. The highest BCUT2D eigenvalue weighted by atomic mass is 16.1. The zero-order valence-electron chi connectivity index (χ0n) is 11.3. The first-order valence-electron chi connectivity index (χ1n) is 6.94. The van der Waals surface area contributed by atoms with Gasteiger partial charge in [0.15, 0.2) is 0 Å². The van der Waals surface area contributed by atoms with Gasteiger partial charge < -0.3 is 5.32 Å². The van der Waals surface area contributed by atoms with Crippen LogP contribution in [0, 0.1) is 0 Å². The van der Waals surface area contributed by atoms with Crippen LogP contribution in [-0.2, 0) is 11.2 Å². The van der Waals surface area contributed by atoms with E-state index in [0.29, 0.717) is 6.42 Å². The van der Waals surface area contributed by atoms with E-state index in [1.807, 2.05) is 36.4 Å². The van der Waals surface area contributed by atoms with Gasteiger partial charge in [-0.25, -0.2) is 0 Å². The average Bonchev–Trinajstić information content (AvgIpc) is 2.40. The van der Waals surface area contributed by atoms with E-state index in [-0.39, 0.29) is 11.9 Å². The van der Waals surface area contributed by atoms with E-state index in [0.717, 1.165) is 38.0 Å². The summed E-state index contributed by atoms with van der Waals surface area (Å²) in [6, 6.07) is 10.2. The summed E-state index contributed by atoms with van der Waals surface area (Å²) in [7, 11) is 0. The molecule has 1 aromatic rings. The fraction of sp³-hybridized carbons (Fsp3) is 0.438. The largest absolute Gasteiger partial charge is 0.352 e. The van der Waals surface area contributed by atoms with Crippen molar-refractivity contribution in [3.05, 3.63) is 48.6 Å². The highest BCUT2D eigenvalue weighted by Gasteiger charge is 2.20. The fourth-order valence-corrected chi connectivity index (χ4v) is 2.58. The van der Waals surface area contributed by atoms with Crippen LogP contribution >= 0.6 is 0 Å². The van der Waals surface area contributed by atoms with Crippen molar-refractivity contribution < 1.29 is 4.79 Å². The minimum absolute atomic E-state index is 0.122. The van der Waals surface area contributed by atoms with Crippen molar-refractivity contribution in [1.29, 1.82) is 0 Å². The molecular weight excluding hydrogens is 236 g/mol. The molecule has 3 nitrogen and oxygen atoms in total. The molecule has 1 aliphatic heterocycles. The molecule has 0 aromatic heterocycles. The molecule has 1 N–H and O–H groups in total. The third-order valence-electron chi connectivity index (χ3n) is 3.47. The third-order valence-corrected chi connectivity index (χ3v) is 3.47. The predicted octanol–water partition coefficient (Wildman–Crippen LogP) is 2.00. The lowest BCUT2D eigenvalue weighted by Gasteiger charge is -2.32. The summed E-state index contributed by atoms with van der Waals surface area (Å²) < 4.78 is 0. The van der Waals surface area contributed by atoms with Crippen LogP contribution in [0.5, 0.6) is 0 Å². The molecule has 1 aliphatic rings. The Balaban J connectivity index is 1.80. The summed E-state index contributed by atoms with van der Waals surface area (Å²) in [4.78, 5) is 14.3. The summed E-state index contributed by atoms with van der Waals surface area (Å²) in [6.07, 6.45) is 4.62. The number of carbonyl (C=O) groups excluding carboxylic acids is 1. The minimum atomic E-state index is 0.122. The smallest absolute Gasteiger partial charge is 0.224 e. The zero-order chi connectivity index (χ0) is 13.5. The summed E-state index contributed by atoms with van der Waals surface area (Å²) >= 11 is 0. The second-order valence-electron chi connectivity index (χ2n) is 5.12. The van der Waals surface area contributed by atoms with Crippen LogP contribution in [0.2, 0.25) is 0 Å². The van der Waals surface area contributed by atoms with Gasteiger partial charge in [0.25, 0.3) is 0 Å². The molecule has 1 saturated heterocycles. The number of hydrogen-bond donors (Lipinski definition) is 1. The first kappa shape index (κ1) is 13.8. The molecule has 0 bridgehead atoms. The van der Waals surface area contributed by atoms with Crippen LogP contribution in [-0.4, -0.2) is 36.5 Å². The zero-order valence-corrected chi connectivity index (χ0v) is 11.3. The van der Waals surface area contributed by atoms with Crippen LogP contribution in [0.1, 0.15) is 18.4 Å². The van der Waals surface area contributed by atoms with Crippen molar-refractivity contribution in [3.63, 3.8) is 0 Å². The Morgan fingerprint density at radius 1 is 1.42 bits per heavy atom. The van der Waals surface area contributed by atoms with E-state index in [1.165, 1.54) is 0 Å². The van der Waals surface area contributed by atoms with Gasteiger partial charge in [-0.1, -0.05) is 36.4 Å². The van der Waals surface area contributed by atoms with Crippen molar-refractivity contribution >= 4 is 5.91 Å². The molecule has 1 fully saturated rings. The Bertz CT molecular complexity index is 416. The quantitative estimate of drug-likeness (QED) is 0.819. The second kappa shape index (κ2) is 7.10. The Hall–Kier alpha value is -1.61. The van der Waals surface area contributed by atoms with Gasteiger partial charge in [0.2, 0.25) is 5.91 Å². The van der Waals surface area contributed by atoms with Crippen molar-refractivity contribution in [3.8, 4) is 0 Å². The first-order chi connectivity index (χ1) is 9.28. The monoisotopic (exact) mass is 258 g/mol. The van der Waals surface area contributed by atoms with Crippen molar-refractivity contribution in [2.75, 3.05) is 19.6 Å². The second-order valence-corrected chi connectivity index (χ2v) is 5.12. The number of carbonyl (C=O) groups is 1. The Morgan fingerprint density at radius 3 is 2.95 bits per heavy atom. The molecule has 0 radical (unpaired) electrons. The van der Waals surface area contributed by atoms with E-state index in [2.05, 4.69) is 16.8 Å². The fourth-order valence-electron chi connectivity index (χ4n) is 2.58. The Kier molecular flexibility index (Phi) is 5.16. The molecule has 102 valence electrons. The predicted molar refractivity (Wildman–Crippen MR) is 77.9 cm³/mol.